The molecule has 3 aromatic rings. The van der Waals surface area contributed by atoms with E-state index in [1.807, 2.05) is 0 Å². The van der Waals surface area contributed by atoms with Crippen molar-refractivity contribution in [3.05, 3.63) is 72.3 Å². The average Bonchev–Trinajstić information content (AvgIpc) is 3.01. The standard InChI is InChI=1S/C17H16FN3O3S/c1-24-16-5-7-17(8-6-16)25(22,23)20-15-10-19-21(12-15)11-13-3-2-4-14(18)9-13/h2-10,12,20H,11H2,1H3. The molecule has 25 heavy (non-hydrogen) atoms. The van der Waals surface area contributed by atoms with Crippen LogP contribution in [0.15, 0.2) is 65.8 Å². The fraction of sp³-hybridized carbons (Fsp3) is 0.118. The van der Waals surface area contributed by atoms with E-state index in [1.165, 1.54) is 42.3 Å². The topological polar surface area (TPSA) is 73.2 Å². The van der Waals surface area contributed by atoms with E-state index in [2.05, 4.69) is 9.82 Å². The second-order valence-corrected chi connectivity index (χ2v) is 7.02. The van der Waals surface area contributed by atoms with Crippen molar-refractivity contribution in [1.82, 2.24) is 9.78 Å². The molecule has 0 bridgehead atoms. The first-order chi connectivity index (χ1) is 12.0. The molecule has 0 saturated carbocycles. The van der Waals surface area contributed by atoms with E-state index in [9.17, 15) is 12.8 Å². The summed E-state index contributed by atoms with van der Waals surface area (Å²) >= 11 is 0. The number of hydrogen-bond donors (Lipinski definition) is 1. The van der Waals surface area contributed by atoms with Gasteiger partial charge in [-0.05, 0) is 42.0 Å². The summed E-state index contributed by atoms with van der Waals surface area (Å²) < 4.78 is 47.0. The first-order valence-corrected chi connectivity index (χ1v) is 8.88. The third kappa shape index (κ3) is 4.16. The van der Waals surface area contributed by atoms with Crippen molar-refractivity contribution < 1.29 is 17.5 Å². The minimum Gasteiger partial charge on any atom is -0.497 e. The van der Waals surface area contributed by atoms with Crippen LogP contribution in [0.5, 0.6) is 5.75 Å². The lowest BCUT2D eigenvalue weighted by Crippen LogP contribution is -2.12. The van der Waals surface area contributed by atoms with Gasteiger partial charge < -0.3 is 4.74 Å². The number of aromatic nitrogens is 2. The number of ether oxygens (including phenoxy) is 1. The molecule has 0 unspecified atom stereocenters. The van der Waals surface area contributed by atoms with Gasteiger partial charge in [0.05, 0.1) is 30.4 Å². The molecule has 0 aliphatic heterocycles. The molecule has 6 nitrogen and oxygen atoms in total. The number of methoxy groups -OCH3 is 1. The summed E-state index contributed by atoms with van der Waals surface area (Å²) in [5.74, 6) is 0.243. The van der Waals surface area contributed by atoms with Crippen molar-refractivity contribution in [3.63, 3.8) is 0 Å². The Morgan fingerprint density at radius 1 is 1.20 bits per heavy atom. The highest BCUT2D eigenvalue weighted by Crippen LogP contribution is 2.19. The number of nitrogens with zero attached hydrogens (tertiary/aromatic N) is 2. The highest BCUT2D eigenvalue weighted by Gasteiger charge is 2.15. The Balaban J connectivity index is 1.73. The Kier molecular flexibility index (Phi) is 4.71. The molecule has 0 radical (unpaired) electrons. The zero-order chi connectivity index (χ0) is 17.9. The lowest BCUT2D eigenvalue weighted by atomic mass is 10.2. The quantitative estimate of drug-likeness (QED) is 0.733. The van der Waals surface area contributed by atoms with Gasteiger partial charge in [0.1, 0.15) is 11.6 Å². The summed E-state index contributed by atoms with van der Waals surface area (Å²) in [6.45, 7) is 0.335. The summed E-state index contributed by atoms with van der Waals surface area (Å²) in [5.41, 5.74) is 1.06. The largest absolute Gasteiger partial charge is 0.497 e. The van der Waals surface area contributed by atoms with Gasteiger partial charge in [0.15, 0.2) is 0 Å². The predicted molar refractivity (Wildman–Crippen MR) is 91.5 cm³/mol. The maximum absolute atomic E-state index is 13.2. The van der Waals surface area contributed by atoms with Gasteiger partial charge in [-0.15, -0.1) is 0 Å². The Hall–Kier alpha value is -2.87. The van der Waals surface area contributed by atoms with Crippen LogP contribution in [0.4, 0.5) is 10.1 Å². The van der Waals surface area contributed by atoms with Crippen LogP contribution in [0, 0.1) is 5.82 Å². The van der Waals surface area contributed by atoms with E-state index in [-0.39, 0.29) is 10.7 Å². The van der Waals surface area contributed by atoms with Crippen LogP contribution in [0.1, 0.15) is 5.56 Å². The maximum Gasteiger partial charge on any atom is 0.261 e. The van der Waals surface area contributed by atoms with Crippen molar-refractivity contribution in [2.75, 3.05) is 11.8 Å². The van der Waals surface area contributed by atoms with Gasteiger partial charge in [0.2, 0.25) is 0 Å². The summed E-state index contributed by atoms with van der Waals surface area (Å²) in [6.07, 6.45) is 2.95. The van der Waals surface area contributed by atoms with Gasteiger partial charge in [-0.2, -0.15) is 5.10 Å². The zero-order valence-corrected chi connectivity index (χ0v) is 14.2. The van der Waals surface area contributed by atoms with Crippen LogP contribution in [-0.4, -0.2) is 25.3 Å². The highest BCUT2D eigenvalue weighted by molar-refractivity contribution is 7.92. The molecule has 0 fully saturated rings. The molecule has 130 valence electrons. The minimum atomic E-state index is -3.72. The van der Waals surface area contributed by atoms with E-state index >= 15 is 0 Å². The summed E-state index contributed by atoms with van der Waals surface area (Å²) in [4.78, 5) is 0.117. The molecule has 0 saturated heterocycles. The summed E-state index contributed by atoms with van der Waals surface area (Å²) in [5, 5.41) is 4.09. The zero-order valence-electron chi connectivity index (χ0n) is 13.4. The number of rotatable bonds is 6. The minimum absolute atomic E-state index is 0.117. The second kappa shape index (κ2) is 6.94. The van der Waals surface area contributed by atoms with Crippen LogP contribution in [0.25, 0.3) is 0 Å². The van der Waals surface area contributed by atoms with Crippen molar-refractivity contribution in [2.45, 2.75) is 11.4 Å². The van der Waals surface area contributed by atoms with Gasteiger partial charge >= 0.3 is 0 Å². The Bertz CT molecular complexity index is 969. The molecule has 1 heterocycles. The molecule has 0 amide bonds. The van der Waals surface area contributed by atoms with Crippen molar-refractivity contribution in [2.24, 2.45) is 0 Å². The van der Waals surface area contributed by atoms with Gasteiger partial charge in [-0.25, -0.2) is 12.8 Å². The molecule has 0 atom stereocenters. The first-order valence-electron chi connectivity index (χ1n) is 7.40. The monoisotopic (exact) mass is 361 g/mol. The van der Waals surface area contributed by atoms with E-state index in [4.69, 9.17) is 4.74 Å². The van der Waals surface area contributed by atoms with Gasteiger partial charge in [0, 0.05) is 6.20 Å². The van der Waals surface area contributed by atoms with Crippen LogP contribution in [-0.2, 0) is 16.6 Å². The smallest absolute Gasteiger partial charge is 0.261 e. The Morgan fingerprint density at radius 2 is 1.96 bits per heavy atom. The molecule has 0 aliphatic carbocycles. The number of hydrogen-bond acceptors (Lipinski definition) is 4. The van der Waals surface area contributed by atoms with Gasteiger partial charge in [0.25, 0.3) is 10.0 Å². The first kappa shape index (κ1) is 17.0. The van der Waals surface area contributed by atoms with Crippen LogP contribution >= 0.6 is 0 Å². The van der Waals surface area contributed by atoms with Crippen molar-refractivity contribution in [1.29, 1.82) is 0 Å². The molecule has 1 aromatic heterocycles. The molecular weight excluding hydrogens is 345 g/mol. The normalized spacial score (nSPS) is 11.3. The molecule has 8 heteroatoms. The average molecular weight is 361 g/mol. The number of nitrogens with one attached hydrogen (secondary N) is 1. The van der Waals surface area contributed by atoms with Gasteiger partial charge in [-0.3, -0.25) is 9.40 Å². The number of halogens is 1. The summed E-state index contributed by atoms with van der Waals surface area (Å²) in [7, 11) is -2.21. The second-order valence-electron chi connectivity index (χ2n) is 5.34. The molecular formula is C17H16FN3O3S. The van der Waals surface area contributed by atoms with Crippen molar-refractivity contribution >= 4 is 15.7 Å². The Morgan fingerprint density at radius 3 is 2.64 bits per heavy atom. The fourth-order valence-electron chi connectivity index (χ4n) is 2.29. The van der Waals surface area contributed by atoms with E-state index < -0.39 is 10.0 Å². The third-order valence-electron chi connectivity index (χ3n) is 3.49. The maximum atomic E-state index is 13.2. The third-order valence-corrected chi connectivity index (χ3v) is 4.89. The summed E-state index contributed by atoms with van der Waals surface area (Å²) in [6, 6.07) is 12.2. The van der Waals surface area contributed by atoms with E-state index in [1.54, 1.807) is 30.5 Å². The van der Waals surface area contributed by atoms with Crippen LogP contribution < -0.4 is 9.46 Å². The van der Waals surface area contributed by atoms with Gasteiger partial charge in [-0.1, -0.05) is 12.1 Å². The SMILES string of the molecule is COc1ccc(S(=O)(=O)Nc2cnn(Cc3cccc(F)c3)c2)cc1. The molecule has 0 spiro atoms. The predicted octanol–water partition coefficient (Wildman–Crippen LogP) is 2.88. The lowest BCUT2D eigenvalue weighted by Gasteiger charge is -2.06. The molecule has 3 rings (SSSR count). The van der Waals surface area contributed by atoms with E-state index in [0.717, 1.165) is 5.56 Å². The number of sulfonamides is 1. The lowest BCUT2D eigenvalue weighted by molar-refractivity contribution is 0.414. The highest BCUT2D eigenvalue weighted by atomic mass is 32.2. The molecule has 2 aromatic carbocycles. The molecule has 0 aliphatic rings. The number of benzene rings is 2. The number of anilines is 1. The fourth-order valence-corrected chi connectivity index (χ4v) is 3.32. The van der Waals surface area contributed by atoms with Crippen LogP contribution in [0.2, 0.25) is 0 Å². The molecule has 1 N–H and O–H groups in total. The van der Waals surface area contributed by atoms with Crippen molar-refractivity contribution in [3.8, 4) is 5.75 Å². The Labute approximate surface area is 144 Å². The van der Waals surface area contributed by atoms with Crippen LogP contribution in [0.3, 0.4) is 0 Å². The van der Waals surface area contributed by atoms with E-state index in [0.29, 0.717) is 18.0 Å².